The Labute approximate surface area is 154 Å². The second kappa shape index (κ2) is 8.02. The SMILES string of the molecule is COc1cccc([C@H](CN=Cc2c(O)ccc3ccccc23)[NH+](C)C)c1. The quantitative estimate of drug-likeness (QED) is 0.672. The van der Waals surface area contributed by atoms with Gasteiger partial charge in [0.05, 0.1) is 27.7 Å². The van der Waals surface area contributed by atoms with Crippen LogP contribution in [0.5, 0.6) is 11.5 Å². The van der Waals surface area contributed by atoms with Crippen LogP contribution in [-0.4, -0.2) is 39.1 Å². The highest BCUT2D eigenvalue weighted by Gasteiger charge is 2.17. The number of hydrogen-bond donors (Lipinski definition) is 2. The average molecular weight is 349 g/mol. The summed E-state index contributed by atoms with van der Waals surface area (Å²) in [4.78, 5) is 5.95. The standard InChI is InChI=1S/C22H24N2O2/c1-24(2)21(17-8-6-9-18(13-17)26-3)15-23-14-20-19-10-5-4-7-16(19)11-12-22(20)25/h4-14,21,25H,15H2,1-3H3/p+1/t21-/m0/s1. The molecule has 0 aliphatic rings. The van der Waals surface area contributed by atoms with E-state index < -0.39 is 0 Å². The highest BCUT2D eigenvalue weighted by atomic mass is 16.5. The van der Waals surface area contributed by atoms with E-state index in [1.807, 2.05) is 42.5 Å². The summed E-state index contributed by atoms with van der Waals surface area (Å²) in [5, 5.41) is 12.4. The second-order valence-electron chi connectivity index (χ2n) is 6.62. The van der Waals surface area contributed by atoms with Gasteiger partial charge >= 0.3 is 0 Å². The third-order valence-corrected chi connectivity index (χ3v) is 4.65. The molecule has 0 saturated carbocycles. The van der Waals surface area contributed by atoms with Crippen molar-refractivity contribution in [1.29, 1.82) is 0 Å². The van der Waals surface area contributed by atoms with Crippen LogP contribution >= 0.6 is 0 Å². The van der Waals surface area contributed by atoms with E-state index in [2.05, 4.69) is 31.2 Å². The van der Waals surface area contributed by atoms with Gasteiger partial charge in [-0.1, -0.05) is 42.5 Å². The number of fused-ring (bicyclic) bond motifs is 1. The highest BCUT2D eigenvalue weighted by Crippen LogP contribution is 2.25. The number of benzene rings is 3. The lowest BCUT2D eigenvalue weighted by atomic mass is 10.0. The minimum Gasteiger partial charge on any atom is -0.507 e. The van der Waals surface area contributed by atoms with E-state index in [1.54, 1.807) is 19.4 Å². The number of hydrogen-bond acceptors (Lipinski definition) is 3. The van der Waals surface area contributed by atoms with Crippen LogP contribution in [0, 0.1) is 0 Å². The summed E-state index contributed by atoms with van der Waals surface area (Å²) in [6.45, 7) is 0.623. The number of methoxy groups -OCH3 is 1. The molecule has 0 spiro atoms. The number of nitrogens with zero attached hydrogens (tertiary/aromatic N) is 1. The van der Waals surface area contributed by atoms with Gasteiger partial charge in [0.2, 0.25) is 0 Å². The maximum absolute atomic E-state index is 10.3. The largest absolute Gasteiger partial charge is 0.507 e. The van der Waals surface area contributed by atoms with E-state index in [0.29, 0.717) is 6.54 Å². The molecule has 0 heterocycles. The smallest absolute Gasteiger partial charge is 0.133 e. The van der Waals surface area contributed by atoms with Gasteiger partial charge in [-0.15, -0.1) is 0 Å². The molecule has 26 heavy (non-hydrogen) atoms. The maximum Gasteiger partial charge on any atom is 0.133 e. The summed E-state index contributed by atoms with van der Waals surface area (Å²) in [5.41, 5.74) is 1.95. The fraction of sp³-hybridized carbons (Fsp3) is 0.227. The molecule has 0 fully saturated rings. The van der Waals surface area contributed by atoms with Gasteiger partial charge in [0, 0.05) is 17.3 Å². The van der Waals surface area contributed by atoms with Crippen molar-refractivity contribution in [2.24, 2.45) is 4.99 Å². The first-order chi connectivity index (χ1) is 12.6. The van der Waals surface area contributed by atoms with Gasteiger partial charge in [0.15, 0.2) is 0 Å². The number of ether oxygens (including phenoxy) is 1. The Morgan fingerprint density at radius 1 is 1.08 bits per heavy atom. The minimum atomic E-state index is 0.207. The van der Waals surface area contributed by atoms with Crippen molar-refractivity contribution in [2.75, 3.05) is 27.7 Å². The summed E-state index contributed by atoms with van der Waals surface area (Å²) in [5.74, 6) is 1.10. The maximum atomic E-state index is 10.3. The molecule has 3 aromatic carbocycles. The van der Waals surface area contributed by atoms with Crippen molar-refractivity contribution >= 4 is 17.0 Å². The Hall–Kier alpha value is -2.85. The zero-order chi connectivity index (χ0) is 18.5. The molecule has 134 valence electrons. The molecule has 0 radical (unpaired) electrons. The van der Waals surface area contributed by atoms with Crippen molar-refractivity contribution in [2.45, 2.75) is 6.04 Å². The second-order valence-corrected chi connectivity index (χ2v) is 6.62. The van der Waals surface area contributed by atoms with Gasteiger partial charge in [-0.05, 0) is 29.0 Å². The van der Waals surface area contributed by atoms with E-state index in [-0.39, 0.29) is 11.8 Å². The summed E-state index contributed by atoms with van der Waals surface area (Å²) in [7, 11) is 5.92. The molecular weight excluding hydrogens is 324 g/mol. The van der Waals surface area contributed by atoms with E-state index in [9.17, 15) is 5.11 Å². The van der Waals surface area contributed by atoms with Crippen molar-refractivity contribution < 1.29 is 14.7 Å². The number of phenolic OH excluding ortho intramolecular Hbond substituents is 1. The molecule has 3 rings (SSSR count). The third-order valence-electron chi connectivity index (χ3n) is 4.65. The normalized spacial score (nSPS) is 12.8. The van der Waals surface area contributed by atoms with Gasteiger partial charge in [0.25, 0.3) is 0 Å². The molecular formula is C22H25N2O2+. The Bertz CT molecular complexity index is 919. The van der Waals surface area contributed by atoms with Crippen LogP contribution in [0.3, 0.4) is 0 Å². The topological polar surface area (TPSA) is 46.3 Å². The molecule has 0 amide bonds. The molecule has 2 N–H and O–H groups in total. The first-order valence-corrected chi connectivity index (χ1v) is 8.74. The van der Waals surface area contributed by atoms with Crippen LogP contribution in [0.15, 0.2) is 65.7 Å². The fourth-order valence-electron chi connectivity index (χ4n) is 3.15. The zero-order valence-electron chi connectivity index (χ0n) is 15.4. The van der Waals surface area contributed by atoms with Crippen LogP contribution in [0.1, 0.15) is 17.2 Å². The Morgan fingerprint density at radius 2 is 1.88 bits per heavy atom. The molecule has 0 bridgehead atoms. The molecule has 0 aliphatic carbocycles. The van der Waals surface area contributed by atoms with Gasteiger partial charge in [-0.25, -0.2) is 0 Å². The molecule has 3 aromatic rings. The lowest BCUT2D eigenvalue weighted by Crippen LogP contribution is -3.06. The first kappa shape index (κ1) is 18.0. The average Bonchev–Trinajstić information content (AvgIpc) is 2.66. The first-order valence-electron chi connectivity index (χ1n) is 8.74. The number of nitrogens with one attached hydrogen (secondary N) is 1. The zero-order valence-corrected chi connectivity index (χ0v) is 15.4. The highest BCUT2D eigenvalue weighted by molar-refractivity contribution is 6.02. The van der Waals surface area contributed by atoms with Gasteiger partial charge < -0.3 is 14.7 Å². The Morgan fingerprint density at radius 3 is 2.65 bits per heavy atom. The van der Waals surface area contributed by atoms with Gasteiger partial charge in [0.1, 0.15) is 17.5 Å². The van der Waals surface area contributed by atoms with Crippen LogP contribution in [0.25, 0.3) is 10.8 Å². The minimum absolute atomic E-state index is 0.207. The molecule has 4 nitrogen and oxygen atoms in total. The monoisotopic (exact) mass is 349 g/mol. The number of aliphatic imine (C=N–C) groups is 1. The van der Waals surface area contributed by atoms with E-state index >= 15 is 0 Å². The van der Waals surface area contributed by atoms with Crippen molar-refractivity contribution in [3.05, 3.63) is 71.8 Å². The number of phenols is 1. The summed E-state index contributed by atoms with van der Waals surface area (Å²) in [6.07, 6.45) is 1.79. The fourth-order valence-corrected chi connectivity index (χ4v) is 3.15. The summed E-state index contributed by atoms with van der Waals surface area (Å²) in [6, 6.07) is 20.0. The lowest BCUT2D eigenvalue weighted by molar-refractivity contribution is -0.890. The number of likely N-dealkylation sites (N-methyl/N-ethyl adjacent to an activating group) is 1. The lowest BCUT2D eigenvalue weighted by Gasteiger charge is -2.20. The molecule has 0 aromatic heterocycles. The molecule has 0 aliphatic heterocycles. The third kappa shape index (κ3) is 3.86. The number of rotatable bonds is 6. The Balaban J connectivity index is 1.87. The number of aromatic hydroxyl groups is 1. The summed E-state index contributed by atoms with van der Waals surface area (Å²) < 4.78 is 5.34. The van der Waals surface area contributed by atoms with E-state index in [0.717, 1.165) is 22.1 Å². The van der Waals surface area contributed by atoms with Crippen molar-refractivity contribution in [3.8, 4) is 11.5 Å². The van der Waals surface area contributed by atoms with Crippen LogP contribution in [-0.2, 0) is 0 Å². The van der Waals surface area contributed by atoms with Gasteiger partial charge in [-0.2, -0.15) is 0 Å². The van der Waals surface area contributed by atoms with Crippen molar-refractivity contribution in [3.63, 3.8) is 0 Å². The van der Waals surface area contributed by atoms with Crippen LogP contribution < -0.4 is 9.64 Å². The molecule has 0 unspecified atom stereocenters. The van der Waals surface area contributed by atoms with E-state index in [4.69, 9.17) is 4.74 Å². The summed E-state index contributed by atoms with van der Waals surface area (Å²) >= 11 is 0. The van der Waals surface area contributed by atoms with Crippen LogP contribution in [0.2, 0.25) is 0 Å². The van der Waals surface area contributed by atoms with Crippen LogP contribution in [0.4, 0.5) is 0 Å². The van der Waals surface area contributed by atoms with Crippen molar-refractivity contribution in [1.82, 2.24) is 0 Å². The number of quaternary nitrogens is 1. The molecule has 0 saturated heterocycles. The predicted molar refractivity (Wildman–Crippen MR) is 107 cm³/mol. The molecule has 1 atom stereocenters. The predicted octanol–water partition coefficient (Wildman–Crippen LogP) is 2.86. The van der Waals surface area contributed by atoms with Gasteiger partial charge in [-0.3, -0.25) is 4.99 Å². The van der Waals surface area contributed by atoms with E-state index in [1.165, 1.54) is 10.5 Å². The molecule has 4 heteroatoms. The Kier molecular flexibility index (Phi) is 5.54.